The second-order valence-electron chi connectivity index (χ2n) is 3.72. The van der Waals surface area contributed by atoms with Crippen LogP contribution in [0.5, 0.6) is 0 Å². The van der Waals surface area contributed by atoms with Gasteiger partial charge in [-0.1, -0.05) is 50.1 Å². The lowest BCUT2D eigenvalue weighted by atomic mass is 10.3. The van der Waals surface area contributed by atoms with Crippen LogP contribution in [0.1, 0.15) is 29.1 Å². The molecule has 0 nitrogen and oxygen atoms in total. The van der Waals surface area contributed by atoms with Gasteiger partial charge in [0.25, 0.3) is 0 Å². The van der Waals surface area contributed by atoms with Gasteiger partial charge in [-0.3, -0.25) is 0 Å². The van der Waals surface area contributed by atoms with Gasteiger partial charge in [-0.2, -0.15) is 0 Å². The first-order valence-corrected chi connectivity index (χ1v) is 6.13. The maximum atomic E-state index is 2.33. The lowest BCUT2D eigenvalue weighted by molar-refractivity contribution is 0.700. The molecule has 0 aliphatic carbocycles. The third kappa shape index (κ3) is 8.53. The summed E-state index contributed by atoms with van der Waals surface area (Å²) in [4.78, 5) is 0. The van der Waals surface area contributed by atoms with Gasteiger partial charge in [0.15, 0.2) is 0 Å². The molecule has 0 aromatic carbocycles. The fourth-order valence-electron chi connectivity index (χ4n) is 0.934. The van der Waals surface area contributed by atoms with E-state index in [4.69, 9.17) is 0 Å². The second-order valence-corrected chi connectivity index (χ2v) is 5.58. The highest BCUT2D eigenvalue weighted by Gasteiger charge is 1.99. The van der Waals surface area contributed by atoms with Crippen LogP contribution in [0.3, 0.4) is 0 Å². The summed E-state index contributed by atoms with van der Waals surface area (Å²) in [6.07, 6.45) is 0. The molecule has 0 heterocycles. The van der Waals surface area contributed by atoms with Crippen LogP contribution in [0.4, 0.5) is 0 Å². The van der Waals surface area contributed by atoms with Gasteiger partial charge in [0, 0.05) is 0 Å². The van der Waals surface area contributed by atoms with E-state index in [0.717, 1.165) is 11.8 Å². The minimum Gasteiger partial charge on any atom is -0.0950 e. The molecule has 0 atom stereocenters. The highest BCUT2D eigenvalue weighted by Crippen LogP contribution is 2.05. The van der Waals surface area contributed by atoms with Crippen molar-refractivity contribution in [1.29, 1.82) is 0 Å². The average molecular weight is 143 g/mol. The molecule has 0 amide bonds. The normalized spacial score (nSPS) is 10.9. The summed E-state index contributed by atoms with van der Waals surface area (Å²) in [6.45, 7) is 9.31. The zero-order valence-electron chi connectivity index (χ0n) is 8.28. The first-order chi connectivity index (χ1) is 4.13. The fourth-order valence-corrected chi connectivity index (χ4v) is 2.80. The van der Waals surface area contributed by atoms with Crippen molar-refractivity contribution < 1.29 is 1.43 Å². The zero-order valence-corrected chi connectivity index (χ0v) is 8.69. The Labute approximate surface area is 67.2 Å². The topological polar surface area (TPSA) is 0 Å². The van der Waals surface area contributed by atoms with E-state index in [1.807, 2.05) is 0 Å². The molecule has 0 radical (unpaired) electrons. The molecular weight excluding hydrogens is 123 g/mol. The summed E-state index contributed by atoms with van der Waals surface area (Å²) in [5.41, 5.74) is 0. The molecular formula is C8H20Al+. The van der Waals surface area contributed by atoms with E-state index in [1.165, 1.54) is 10.6 Å². The van der Waals surface area contributed by atoms with E-state index in [9.17, 15) is 0 Å². The lowest BCUT2D eigenvalue weighted by Crippen LogP contribution is -1.99. The van der Waals surface area contributed by atoms with Gasteiger partial charge in [-0.25, -0.2) is 0 Å². The van der Waals surface area contributed by atoms with Crippen LogP contribution in [0, 0.1) is 11.8 Å². The van der Waals surface area contributed by atoms with E-state index >= 15 is 0 Å². The molecule has 0 unspecified atom stereocenters. The smallest absolute Gasteiger partial charge is 0.0950 e. The summed E-state index contributed by atoms with van der Waals surface area (Å²) in [6, 6.07) is 0. The number of rotatable bonds is 4. The quantitative estimate of drug-likeness (QED) is 0.531. The van der Waals surface area contributed by atoms with E-state index in [-0.39, 0.29) is 1.43 Å². The molecule has 0 fully saturated rings. The minimum absolute atomic E-state index is 0. The predicted molar refractivity (Wildman–Crippen MR) is 47.6 cm³/mol. The lowest BCUT2D eigenvalue weighted by Gasteiger charge is -2.03. The van der Waals surface area contributed by atoms with Crippen LogP contribution in [0.2, 0.25) is 10.6 Å². The van der Waals surface area contributed by atoms with Crippen LogP contribution >= 0.6 is 0 Å². The summed E-state index contributed by atoms with van der Waals surface area (Å²) >= 11 is 0.316. The van der Waals surface area contributed by atoms with Gasteiger partial charge in [-0.15, -0.1) is 0 Å². The third-order valence-electron chi connectivity index (χ3n) is 1.56. The average Bonchev–Trinajstić information content (AvgIpc) is 1.63. The summed E-state index contributed by atoms with van der Waals surface area (Å²) in [5.74, 6) is 1.91. The van der Waals surface area contributed by atoms with Gasteiger partial charge in [0.2, 0.25) is 15.2 Å². The van der Waals surface area contributed by atoms with Crippen molar-refractivity contribution >= 4 is 15.2 Å². The van der Waals surface area contributed by atoms with Crippen LogP contribution in [-0.4, -0.2) is 15.2 Å². The molecule has 0 aliphatic rings. The first-order valence-electron chi connectivity index (χ1n) is 4.13. The molecule has 0 aliphatic heterocycles. The molecule has 0 saturated heterocycles. The van der Waals surface area contributed by atoms with Gasteiger partial charge in [-0.05, 0) is 0 Å². The molecule has 0 saturated carbocycles. The van der Waals surface area contributed by atoms with Gasteiger partial charge >= 0.3 is 1.43 Å². The maximum absolute atomic E-state index is 2.33. The highest BCUT2D eigenvalue weighted by molar-refractivity contribution is 6.35. The van der Waals surface area contributed by atoms with Crippen molar-refractivity contribution in [3.63, 3.8) is 0 Å². The zero-order chi connectivity index (χ0) is 7.28. The summed E-state index contributed by atoms with van der Waals surface area (Å²) in [5, 5.41) is 3.08. The molecule has 9 heavy (non-hydrogen) atoms. The molecule has 54 valence electrons. The summed E-state index contributed by atoms with van der Waals surface area (Å²) in [7, 11) is 0. The Balaban J connectivity index is 0. The number of hydrogen-bond acceptors (Lipinski definition) is 0. The van der Waals surface area contributed by atoms with Crippen molar-refractivity contribution in [1.82, 2.24) is 0 Å². The summed E-state index contributed by atoms with van der Waals surface area (Å²) < 4.78 is 0. The Morgan fingerprint density at radius 2 is 1.33 bits per heavy atom. The van der Waals surface area contributed by atoms with Crippen LogP contribution in [0.25, 0.3) is 0 Å². The van der Waals surface area contributed by atoms with Crippen LogP contribution in [-0.2, 0) is 0 Å². The molecule has 0 N–H and O–H groups in total. The fraction of sp³-hybridized carbons (Fsp3) is 1.00. The Kier molecular flexibility index (Phi) is 5.64. The Hall–Kier alpha value is 0.532. The molecule has 0 spiro atoms. The van der Waals surface area contributed by atoms with Gasteiger partial charge < -0.3 is 0 Å². The molecule has 0 rings (SSSR count). The van der Waals surface area contributed by atoms with Crippen molar-refractivity contribution in [2.24, 2.45) is 11.8 Å². The Morgan fingerprint density at radius 1 is 1.00 bits per heavy atom. The number of hydrogen-bond donors (Lipinski definition) is 0. The molecule has 0 aromatic rings. The third-order valence-corrected chi connectivity index (χ3v) is 4.69. The van der Waals surface area contributed by atoms with E-state index in [0.29, 0.717) is 15.2 Å². The van der Waals surface area contributed by atoms with Crippen LogP contribution in [0.15, 0.2) is 0 Å². The standard InChI is InChI=1S/2C4H9.Al.H/c2*1-4(2)3;;/h2*4H,1H2,2-3H3;;/p+1. The predicted octanol–water partition coefficient (Wildman–Crippen LogP) is 2.68. The Bertz CT molecular complexity index is 54.3. The van der Waals surface area contributed by atoms with Crippen molar-refractivity contribution in [3.8, 4) is 0 Å². The first kappa shape index (κ1) is 9.53. The van der Waals surface area contributed by atoms with Crippen LogP contribution < -0.4 is 0 Å². The molecule has 0 aromatic heterocycles. The van der Waals surface area contributed by atoms with Crippen molar-refractivity contribution in [2.45, 2.75) is 38.3 Å². The molecule has 0 bridgehead atoms. The SMILES string of the molecule is CC(C)[CH2][AlH][CH2]C(C)C.[H+]. The van der Waals surface area contributed by atoms with Gasteiger partial charge in [0.1, 0.15) is 0 Å². The highest BCUT2D eigenvalue weighted by atomic mass is 27.1. The van der Waals surface area contributed by atoms with Gasteiger partial charge in [0.05, 0.1) is 0 Å². The van der Waals surface area contributed by atoms with Crippen molar-refractivity contribution in [2.75, 3.05) is 0 Å². The van der Waals surface area contributed by atoms with E-state index in [1.54, 1.807) is 0 Å². The largest absolute Gasteiger partial charge is 1.00 e. The van der Waals surface area contributed by atoms with E-state index < -0.39 is 0 Å². The van der Waals surface area contributed by atoms with Crippen molar-refractivity contribution in [3.05, 3.63) is 0 Å². The molecule has 1 heteroatoms. The minimum atomic E-state index is 0. The Morgan fingerprint density at radius 3 is 1.56 bits per heavy atom. The second kappa shape index (κ2) is 5.33. The maximum Gasteiger partial charge on any atom is 1.00 e. The van der Waals surface area contributed by atoms with E-state index in [2.05, 4.69) is 27.7 Å². The monoisotopic (exact) mass is 143 g/mol.